The Morgan fingerprint density at radius 3 is 2.75 bits per heavy atom. The molecule has 0 radical (unpaired) electrons. The zero-order valence-corrected chi connectivity index (χ0v) is 13.6. The zero-order chi connectivity index (χ0) is 14.5. The minimum absolute atomic E-state index is 0.160. The van der Waals surface area contributed by atoms with Gasteiger partial charge in [-0.25, -0.2) is 0 Å². The Kier molecular flexibility index (Phi) is 5.52. The lowest BCUT2D eigenvalue weighted by molar-refractivity contribution is 0.0698. The Balaban J connectivity index is 1.98. The summed E-state index contributed by atoms with van der Waals surface area (Å²) in [5.41, 5.74) is 1.64. The molecular formula is C15H25N3OS. The molecule has 0 N–H and O–H groups in total. The van der Waals surface area contributed by atoms with Crippen molar-refractivity contribution >= 4 is 17.7 Å². The first-order chi connectivity index (χ1) is 9.65. The third-order valence-corrected chi connectivity index (χ3v) is 4.74. The molecule has 1 amide bonds. The first kappa shape index (κ1) is 15.4. The lowest BCUT2D eigenvalue weighted by Crippen LogP contribution is -2.39. The predicted molar refractivity (Wildman–Crippen MR) is 84.3 cm³/mol. The predicted octanol–water partition coefficient (Wildman–Crippen LogP) is 2.82. The quantitative estimate of drug-likeness (QED) is 0.838. The van der Waals surface area contributed by atoms with Crippen molar-refractivity contribution in [3.05, 3.63) is 17.5 Å². The molecule has 0 bridgehead atoms. The summed E-state index contributed by atoms with van der Waals surface area (Å²) >= 11 is 1.91. The highest BCUT2D eigenvalue weighted by molar-refractivity contribution is 7.98. The molecule has 2 rings (SSSR count). The summed E-state index contributed by atoms with van der Waals surface area (Å²) in [6.07, 6.45) is 7.37. The Bertz CT molecular complexity index is 450. The van der Waals surface area contributed by atoms with Crippen LogP contribution in [0.25, 0.3) is 0 Å². The van der Waals surface area contributed by atoms with Crippen LogP contribution in [0.4, 0.5) is 0 Å². The number of rotatable bonds is 5. The first-order valence-electron chi connectivity index (χ1n) is 7.48. The molecule has 0 saturated carbocycles. The fraction of sp³-hybridized carbons (Fsp3) is 0.733. The van der Waals surface area contributed by atoms with Crippen LogP contribution in [0, 0.1) is 12.8 Å². The summed E-state index contributed by atoms with van der Waals surface area (Å²) in [6.45, 7) is 6.71. The SMILES string of the molecule is CCCn1cc(C(=O)N2CCC(CSC)CC2)c(C)n1. The number of carbonyl (C=O) groups excluding carboxylic acids is 1. The van der Waals surface area contributed by atoms with E-state index in [-0.39, 0.29) is 5.91 Å². The van der Waals surface area contributed by atoms with Crippen LogP contribution in [0.15, 0.2) is 6.20 Å². The number of hydrogen-bond donors (Lipinski definition) is 0. The molecule has 0 aliphatic carbocycles. The van der Waals surface area contributed by atoms with E-state index in [0.29, 0.717) is 0 Å². The molecule has 4 nitrogen and oxygen atoms in total. The van der Waals surface area contributed by atoms with Crippen molar-refractivity contribution in [1.29, 1.82) is 0 Å². The molecule has 2 heterocycles. The normalized spacial score (nSPS) is 16.6. The van der Waals surface area contributed by atoms with Crippen LogP contribution in [-0.2, 0) is 6.54 Å². The maximum Gasteiger partial charge on any atom is 0.257 e. The largest absolute Gasteiger partial charge is 0.339 e. The van der Waals surface area contributed by atoms with Gasteiger partial charge in [0, 0.05) is 25.8 Å². The van der Waals surface area contributed by atoms with Gasteiger partial charge in [0.2, 0.25) is 0 Å². The molecule has 0 atom stereocenters. The first-order valence-corrected chi connectivity index (χ1v) is 8.87. The highest BCUT2D eigenvalue weighted by Gasteiger charge is 2.25. The molecule has 20 heavy (non-hydrogen) atoms. The van der Waals surface area contributed by atoms with Crippen molar-refractivity contribution < 1.29 is 4.79 Å². The number of amides is 1. The Morgan fingerprint density at radius 2 is 2.15 bits per heavy atom. The molecule has 1 aromatic rings. The average molecular weight is 295 g/mol. The van der Waals surface area contributed by atoms with Gasteiger partial charge in [0.15, 0.2) is 0 Å². The minimum atomic E-state index is 0.160. The molecule has 0 aromatic carbocycles. The summed E-state index contributed by atoms with van der Waals surface area (Å²) < 4.78 is 1.89. The number of piperidine rings is 1. The fourth-order valence-corrected chi connectivity index (χ4v) is 3.58. The van der Waals surface area contributed by atoms with E-state index < -0.39 is 0 Å². The smallest absolute Gasteiger partial charge is 0.257 e. The number of likely N-dealkylation sites (tertiary alicyclic amines) is 1. The Hall–Kier alpha value is -0.970. The summed E-state index contributed by atoms with van der Waals surface area (Å²) in [6, 6.07) is 0. The molecule has 1 fully saturated rings. The minimum Gasteiger partial charge on any atom is -0.339 e. The number of thioether (sulfide) groups is 1. The average Bonchev–Trinajstić information content (AvgIpc) is 2.80. The monoisotopic (exact) mass is 295 g/mol. The van der Waals surface area contributed by atoms with E-state index in [1.807, 2.05) is 34.5 Å². The van der Waals surface area contributed by atoms with Crippen LogP contribution in [0.1, 0.15) is 42.2 Å². The van der Waals surface area contributed by atoms with Crippen molar-refractivity contribution in [3.8, 4) is 0 Å². The van der Waals surface area contributed by atoms with E-state index in [1.165, 1.54) is 5.75 Å². The third-order valence-electron chi connectivity index (χ3n) is 3.93. The van der Waals surface area contributed by atoms with Gasteiger partial charge >= 0.3 is 0 Å². The number of aryl methyl sites for hydroxylation is 2. The van der Waals surface area contributed by atoms with E-state index in [0.717, 1.165) is 56.1 Å². The van der Waals surface area contributed by atoms with Gasteiger partial charge in [-0.2, -0.15) is 16.9 Å². The summed E-state index contributed by atoms with van der Waals surface area (Å²) in [5, 5.41) is 4.43. The van der Waals surface area contributed by atoms with Crippen molar-refractivity contribution in [3.63, 3.8) is 0 Å². The van der Waals surface area contributed by atoms with Crippen LogP contribution >= 0.6 is 11.8 Å². The summed E-state index contributed by atoms with van der Waals surface area (Å²) in [7, 11) is 0. The summed E-state index contributed by atoms with van der Waals surface area (Å²) in [5.74, 6) is 2.15. The fourth-order valence-electron chi connectivity index (χ4n) is 2.78. The molecule has 0 spiro atoms. The number of aromatic nitrogens is 2. The number of hydrogen-bond acceptors (Lipinski definition) is 3. The van der Waals surface area contributed by atoms with Gasteiger partial charge < -0.3 is 4.90 Å². The number of nitrogens with zero attached hydrogens (tertiary/aromatic N) is 3. The molecule has 1 aliphatic heterocycles. The van der Waals surface area contributed by atoms with E-state index in [2.05, 4.69) is 18.3 Å². The van der Waals surface area contributed by atoms with E-state index >= 15 is 0 Å². The standard InChI is InChI=1S/C15H25N3OS/c1-4-7-18-10-14(12(2)16-18)15(19)17-8-5-13(6-9-17)11-20-3/h10,13H,4-9,11H2,1-3H3. The molecular weight excluding hydrogens is 270 g/mol. The lowest BCUT2D eigenvalue weighted by atomic mass is 9.98. The van der Waals surface area contributed by atoms with E-state index in [4.69, 9.17) is 0 Å². The van der Waals surface area contributed by atoms with Gasteiger partial charge in [0.1, 0.15) is 0 Å². The van der Waals surface area contributed by atoms with Crippen molar-refractivity contribution in [2.75, 3.05) is 25.1 Å². The van der Waals surface area contributed by atoms with Gasteiger partial charge in [-0.15, -0.1) is 0 Å². The summed E-state index contributed by atoms with van der Waals surface area (Å²) in [4.78, 5) is 14.6. The van der Waals surface area contributed by atoms with Crippen LogP contribution in [0.3, 0.4) is 0 Å². The number of carbonyl (C=O) groups is 1. The molecule has 5 heteroatoms. The third kappa shape index (κ3) is 3.57. The Labute approximate surface area is 125 Å². The second kappa shape index (κ2) is 7.16. The molecule has 1 saturated heterocycles. The van der Waals surface area contributed by atoms with Crippen LogP contribution in [0.5, 0.6) is 0 Å². The van der Waals surface area contributed by atoms with Gasteiger partial charge in [-0.1, -0.05) is 6.92 Å². The second-order valence-electron chi connectivity index (χ2n) is 5.58. The molecule has 112 valence electrons. The van der Waals surface area contributed by atoms with Crippen molar-refractivity contribution in [1.82, 2.24) is 14.7 Å². The van der Waals surface area contributed by atoms with Crippen LogP contribution < -0.4 is 0 Å². The van der Waals surface area contributed by atoms with E-state index in [1.54, 1.807) is 0 Å². The highest BCUT2D eigenvalue weighted by atomic mass is 32.2. The van der Waals surface area contributed by atoms with Gasteiger partial charge in [0.25, 0.3) is 5.91 Å². The van der Waals surface area contributed by atoms with Crippen molar-refractivity contribution in [2.45, 2.75) is 39.7 Å². The molecule has 1 aliphatic rings. The van der Waals surface area contributed by atoms with Crippen LogP contribution in [-0.4, -0.2) is 45.7 Å². The maximum absolute atomic E-state index is 12.6. The maximum atomic E-state index is 12.6. The lowest BCUT2D eigenvalue weighted by Gasteiger charge is -2.31. The second-order valence-corrected chi connectivity index (χ2v) is 6.49. The van der Waals surface area contributed by atoms with Gasteiger partial charge in [0.05, 0.1) is 11.3 Å². The Morgan fingerprint density at radius 1 is 1.45 bits per heavy atom. The zero-order valence-electron chi connectivity index (χ0n) is 12.8. The van der Waals surface area contributed by atoms with Gasteiger partial charge in [-0.05, 0) is 44.1 Å². The van der Waals surface area contributed by atoms with E-state index in [9.17, 15) is 4.79 Å². The highest BCUT2D eigenvalue weighted by Crippen LogP contribution is 2.22. The molecule has 1 aromatic heterocycles. The van der Waals surface area contributed by atoms with Crippen molar-refractivity contribution in [2.24, 2.45) is 5.92 Å². The van der Waals surface area contributed by atoms with Crippen LogP contribution in [0.2, 0.25) is 0 Å². The van der Waals surface area contributed by atoms with Gasteiger partial charge in [-0.3, -0.25) is 9.48 Å². The topological polar surface area (TPSA) is 38.1 Å². The molecule has 0 unspecified atom stereocenters.